The standard InChI is InChI=1S/C17H17FO5/c1-10(19)23-9-11-7-14(18)16(15(20)8-11)17(21)12-3-5-13(22-2)6-4-12/h3-8,17,20-21H,9H2,1-2H3. The van der Waals surface area contributed by atoms with Gasteiger partial charge in [-0.3, -0.25) is 4.79 Å². The van der Waals surface area contributed by atoms with E-state index in [0.717, 1.165) is 6.07 Å². The van der Waals surface area contributed by atoms with E-state index in [4.69, 9.17) is 9.47 Å². The van der Waals surface area contributed by atoms with Crippen molar-refractivity contribution in [3.63, 3.8) is 0 Å². The van der Waals surface area contributed by atoms with Gasteiger partial charge in [0.15, 0.2) is 0 Å². The molecule has 0 radical (unpaired) electrons. The van der Waals surface area contributed by atoms with E-state index in [0.29, 0.717) is 16.9 Å². The summed E-state index contributed by atoms with van der Waals surface area (Å²) in [6.45, 7) is 1.08. The number of aliphatic hydroxyl groups is 1. The van der Waals surface area contributed by atoms with Gasteiger partial charge in [0.25, 0.3) is 0 Å². The minimum absolute atomic E-state index is 0.154. The first-order valence-corrected chi connectivity index (χ1v) is 6.89. The normalized spacial score (nSPS) is 11.8. The van der Waals surface area contributed by atoms with Gasteiger partial charge in [-0.25, -0.2) is 4.39 Å². The highest BCUT2D eigenvalue weighted by molar-refractivity contribution is 5.66. The van der Waals surface area contributed by atoms with Crippen molar-refractivity contribution in [2.75, 3.05) is 7.11 Å². The van der Waals surface area contributed by atoms with Gasteiger partial charge >= 0.3 is 5.97 Å². The molecule has 2 rings (SSSR count). The lowest BCUT2D eigenvalue weighted by Crippen LogP contribution is -2.05. The lowest BCUT2D eigenvalue weighted by atomic mass is 9.98. The van der Waals surface area contributed by atoms with Gasteiger partial charge in [-0.15, -0.1) is 0 Å². The number of phenolic OH excluding ortho intramolecular Hbond substituents is 1. The quantitative estimate of drug-likeness (QED) is 0.828. The van der Waals surface area contributed by atoms with E-state index in [9.17, 15) is 19.4 Å². The zero-order valence-corrected chi connectivity index (χ0v) is 12.7. The molecule has 1 unspecified atom stereocenters. The van der Waals surface area contributed by atoms with E-state index in [1.54, 1.807) is 24.3 Å². The van der Waals surface area contributed by atoms with E-state index in [1.165, 1.54) is 20.1 Å². The van der Waals surface area contributed by atoms with E-state index in [2.05, 4.69) is 0 Å². The number of phenols is 1. The number of carbonyl (C=O) groups excluding carboxylic acids is 1. The van der Waals surface area contributed by atoms with E-state index >= 15 is 0 Å². The molecular formula is C17H17FO5. The van der Waals surface area contributed by atoms with Gasteiger partial charge in [-0.2, -0.15) is 0 Å². The van der Waals surface area contributed by atoms with E-state index in [-0.39, 0.29) is 12.2 Å². The molecule has 2 aromatic rings. The topological polar surface area (TPSA) is 76.0 Å². The second kappa shape index (κ2) is 7.11. The zero-order valence-electron chi connectivity index (χ0n) is 12.7. The lowest BCUT2D eigenvalue weighted by Gasteiger charge is -2.16. The monoisotopic (exact) mass is 320 g/mol. The van der Waals surface area contributed by atoms with Gasteiger partial charge in [0, 0.05) is 6.92 Å². The molecule has 1 atom stereocenters. The fourth-order valence-corrected chi connectivity index (χ4v) is 2.15. The fraction of sp³-hybridized carbons (Fsp3) is 0.235. The van der Waals surface area contributed by atoms with Gasteiger partial charge < -0.3 is 19.7 Å². The summed E-state index contributed by atoms with van der Waals surface area (Å²) in [6.07, 6.45) is -1.33. The summed E-state index contributed by atoms with van der Waals surface area (Å²) in [4.78, 5) is 10.8. The highest BCUT2D eigenvalue weighted by atomic mass is 19.1. The van der Waals surface area contributed by atoms with Crippen molar-refractivity contribution in [2.45, 2.75) is 19.6 Å². The molecule has 0 aliphatic heterocycles. The Kier molecular flexibility index (Phi) is 5.18. The highest BCUT2D eigenvalue weighted by Crippen LogP contribution is 2.33. The summed E-state index contributed by atoms with van der Waals surface area (Å²) < 4.78 is 24.0. The third kappa shape index (κ3) is 3.98. The molecule has 23 heavy (non-hydrogen) atoms. The minimum Gasteiger partial charge on any atom is -0.507 e. The van der Waals surface area contributed by atoms with Crippen molar-refractivity contribution >= 4 is 5.97 Å². The van der Waals surface area contributed by atoms with E-state index < -0.39 is 23.6 Å². The molecule has 6 heteroatoms. The summed E-state index contributed by atoms with van der Waals surface area (Å²) in [5.74, 6) is -1.10. The summed E-state index contributed by atoms with van der Waals surface area (Å²) >= 11 is 0. The average molecular weight is 320 g/mol. The molecule has 122 valence electrons. The van der Waals surface area contributed by atoms with Crippen LogP contribution in [0.15, 0.2) is 36.4 Å². The third-order valence-corrected chi connectivity index (χ3v) is 3.31. The maximum absolute atomic E-state index is 14.2. The van der Waals surface area contributed by atoms with Crippen LogP contribution in [0, 0.1) is 5.82 Å². The number of aliphatic hydroxyl groups excluding tert-OH is 1. The van der Waals surface area contributed by atoms with Crippen LogP contribution in [0.2, 0.25) is 0 Å². The maximum atomic E-state index is 14.2. The Morgan fingerprint density at radius 3 is 2.43 bits per heavy atom. The van der Waals surface area contributed by atoms with Crippen LogP contribution in [0.1, 0.15) is 29.7 Å². The maximum Gasteiger partial charge on any atom is 0.302 e. The Bertz CT molecular complexity index is 674. The molecule has 0 saturated heterocycles. The number of rotatable bonds is 5. The van der Waals surface area contributed by atoms with Gasteiger partial charge in [-0.05, 0) is 35.4 Å². The molecule has 2 aromatic carbocycles. The van der Waals surface area contributed by atoms with Crippen LogP contribution >= 0.6 is 0 Å². The number of hydrogen-bond donors (Lipinski definition) is 2. The minimum atomic E-state index is -1.33. The largest absolute Gasteiger partial charge is 0.507 e. The Morgan fingerprint density at radius 1 is 1.26 bits per heavy atom. The van der Waals surface area contributed by atoms with Gasteiger partial charge in [0.1, 0.15) is 30.0 Å². The number of carbonyl (C=O) groups is 1. The molecule has 0 heterocycles. The lowest BCUT2D eigenvalue weighted by molar-refractivity contribution is -0.142. The van der Waals surface area contributed by atoms with Crippen molar-refractivity contribution in [1.29, 1.82) is 0 Å². The predicted octanol–water partition coefficient (Wildman–Crippen LogP) is 2.68. The molecule has 5 nitrogen and oxygen atoms in total. The number of benzene rings is 2. The summed E-state index contributed by atoms with van der Waals surface area (Å²) in [7, 11) is 1.51. The molecule has 0 amide bonds. The first-order chi connectivity index (χ1) is 10.9. The van der Waals surface area contributed by atoms with Gasteiger partial charge in [0.05, 0.1) is 12.7 Å². The van der Waals surface area contributed by atoms with Crippen LogP contribution in [0.5, 0.6) is 11.5 Å². The summed E-state index contributed by atoms with van der Waals surface area (Å²) in [5, 5.41) is 20.3. The van der Waals surface area contributed by atoms with Gasteiger partial charge in [0.2, 0.25) is 0 Å². The molecule has 0 aliphatic carbocycles. The second-order valence-electron chi connectivity index (χ2n) is 4.97. The smallest absolute Gasteiger partial charge is 0.302 e. The Labute approximate surface area is 132 Å². The Morgan fingerprint density at radius 2 is 1.91 bits per heavy atom. The van der Waals surface area contributed by atoms with Crippen molar-refractivity contribution in [2.24, 2.45) is 0 Å². The SMILES string of the molecule is COc1ccc(C(O)c2c(O)cc(COC(C)=O)cc2F)cc1. The Balaban J connectivity index is 2.28. The molecule has 0 saturated carbocycles. The number of methoxy groups -OCH3 is 1. The predicted molar refractivity (Wildman–Crippen MR) is 80.6 cm³/mol. The van der Waals surface area contributed by atoms with Crippen LogP contribution in [-0.2, 0) is 16.1 Å². The van der Waals surface area contributed by atoms with Crippen LogP contribution in [-0.4, -0.2) is 23.3 Å². The van der Waals surface area contributed by atoms with Crippen LogP contribution in [0.3, 0.4) is 0 Å². The van der Waals surface area contributed by atoms with Crippen molar-refractivity contribution in [1.82, 2.24) is 0 Å². The molecule has 0 aromatic heterocycles. The third-order valence-electron chi connectivity index (χ3n) is 3.31. The number of esters is 1. The summed E-state index contributed by atoms with van der Waals surface area (Å²) in [6, 6.07) is 8.79. The van der Waals surface area contributed by atoms with Crippen LogP contribution < -0.4 is 4.74 Å². The molecular weight excluding hydrogens is 303 g/mol. The molecule has 0 bridgehead atoms. The summed E-state index contributed by atoms with van der Waals surface area (Å²) in [5.41, 5.74) is 0.468. The zero-order chi connectivity index (χ0) is 17.0. The van der Waals surface area contributed by atoms with Crippen molar-refractivity contribution in [3.05, 3.63) is 58.9 Å². The first-order valence-electron chi connectivity index (χ1n) is 6.89. The second-order valence-corrected chi connectivity index (χ2v) is 4.97. The number of halogens is 1. The first kappa shape index (κ1) is 16.8. The number of hydrogen-bond acceptors (Lipinski definition) is 5. The Hall–Kier alpha value is -2.60. The molecule has 0 fully saturated rings. The molecule has 2 N–H and O–H groups in total. The highest BCUT2D eigenvalue weighted by Gasteiger charge is 2.20. The van der Waals surface area contributed by atoms with E-state index in [1.807, 2.05) is 0 Å². The van der Waals surface area contributed by atoms with Crippen LogP contribution in [0.25, 0.3) is 0 Å². The molecule has 0 spiro atoms. The average Bonchev–Trinajstić information content (AvgIpc) is 2.52. The van der Waals surface area contributed by atoms with Gasteiger partial charge in [-0.1, -0.05) is 12.1 Å². The number of ether oxygens (including phenoxy) is 2. The number of aromatic hydroxyl groups is 1. The molecule has 0 aliphatic rings. The van der Waals surface area contributed by atoms with Crippen molar-refractivity contribution in [3.8, 4) is 11.5 Å². The van der Waals surface area contributed by atoms with Crippen molar-refractivity contribution < 1.29 is 28.9 Å². The van der Waals surface area contributed by atoms with Crippen LogP contribution in [0.4, 0.5) is 4.39 Å². The fourth-order valence-electron chi connectivity index (χ4n) is 2.15.